The lowest BCUT2D eigenvalue weighted by Crippen LogP contribution is -2.30. The fourth-order valence-electron chi connectivity index (χ4n) is 2.29. The van der Waals surface area contributed by atoms with Crippen LogP contribution in [0.15, 0.2) is 23.2 Å². The van der Waals surface area contributed by atoms with Crippen molar-refractivity contribution in [3.8, 4) is 0 Å². The molecule has 0 bridgehead atoms. The van der Waals surface area contributed by atoms with Crippen LogP contribution in [-0.4, -0.2) is 36.9 Å². The molecule has 0 unspecified atom stereocenters. The van der Waals surface area contributed by atoms with Gasteiger partial charge in [-0.05, 0) is 49.4 Å². The van der Waals surface area contributed by atoms with Gasteiger partial charge in [-0.3, -0.25) is 4.79 Å². The van der Waals surface area contributed by atoms with Crippen LogP contribution in [0.1, 0.15) is 24.5 Å². The summed E-state index contributed by atoms with van der Waals surface area (Å²) >= 11 is 0. The monoisotopic (exact) mass is 402 g/mol. The number of aryl methyl sites for hydroxylation is 2. The van der Waals surface area contributed by atoms with Gasteiger partial charge in [-0.15, -0.1) is 24.0 Å². The third-order valence-corrected chi connectivity index (χ3v) is 3.66. The van der Waals surface area contributed by atoms with Crippen LogP contribution >= 0.6 is 24.0 Å². The van der Waals surface area contributed by atoms with Gasteiger partial charge in [-0.1, -0.05) is 6.07 Å². The Morgan fingerprint density at radius 1 is 1.38 bits per heavy atom. The Morgan fingerprint density at radius 3 is 2.81 bits per heavy atom. The number of nitrogens with zero attached hydrogens (tertiary/aromatic N) is 2. The second-order valence-electron chi connectivity index (χ2n) is 5.07. The molecule has 0 aliphatic heterocycles. The standard InChI is InChI=1S/C15H22N4O.HI/c1-3-19(2)14(20)10-17-15(16)18-13-8-7-11-5-4-6-12(11)9-13;/h7-9H,3-6,10H2,1-2H3,(H3,16,17,18);1H. The van der Waals surface area contributed by atoms with Gasteiger partial charge in [-0.25, -0.2) is 4.99 Å². The van der Waals surface area contributed by atoms with Crippen molar-refractivity contribution in [2.75, 3.05) is 25.5 Å². The molecule has 3 N–H and O–H groups in total. The van der Waals surface area contributed by atoms with Crippen molar-refractivity contribution < 1.29 is 4.79 Å². The highest BCUT2D eigenvalue weighted by Gasteiger charge is 2.11. The van der Waals surface area contributed by atoms with Gasteiger partial charge in [0.1, 0.15) is 6.54 Å². The lowest BCUT2D eigenvalue weighted by Gasteiger charge is -2.13. The van der Waals surface area contributed by atoms with Crippen LogP contribution in [0.25, 0.3) is 0 Å². The number of rotatable bonds is 4. The number of nitrogens with two attached hydrogens (primary N) is 1. The molecule has 0 radical (unpaired) electrons. The number of fused-ring (bicyclic) bond motifs is 1. The average molecular weight is 402 g/mol. The van der Waals surface area contributed by atoms with Gasteiger partial charge in [0.15, 0.2) is 5.96 Å². The zero-order valence-corrected chi connectivity index (χ0v) is 14.9. The molecule has 21 heavy (non-hydrogen) atoms. The molecule has 0 saturated heterocycles. The van der Waals surface area contributed by atoms with Gasteiger partial charge in [0.2, 0.25) is 5.91 Å². The molecule has 2 rings (SSSR count). The summed E-state index contributed by atoms with van der Waals surface area (Å²) in [6, 6.07) is 6.26. The first kappa shape index (κ1) is 17.7. The summed E-state index contributed by atoms with van der Waals surface area (Å²) in [5.74, 6) is 0.243. The predicted octanol–water partition coefficient (Wildman–Crippen LogP) is 2.00. The van der Waals surface area contributed by atoms with E-state index in [0.29, 0.717) is 6.54 Å². The van der Waals surface area contributed by atoms with Crippen molar-refractivity contribution in [1.29, 1.82) is 0 Å². The van der Waals surface area contributed by atoms with Crippen molar-refractivity contribution >= 4 is 41.5 Å². The van der Waals surface area contributed by atoms with Crippen molar-refractivity contribution in [2.24, 2.45) is 10.7 Å². The molecule has 5 nitrogen and oxygen atoms in total. The molecule has 116 valence electrons. The summed E-state index contributed by atoms with van der Waals surface area (Å²) in [6.07, 6.45) is 3.51. The topological polar surface area (TPSA) is 70.7 Å². The minimum absolute atomic E-state index is 0. The summed E-state index contributed by atoms with van der Waals surface area (Å²) in [7, 11) is 1.75. The first-order valence-corrected chi connectivity index (χ1v) is 7.03. The third-order valence-electron chi connectivity index (χ3n) is 3.66. The van der Waals surface area contributed by atoms with Crippen LogP contribution < -0.4 is 11.1 Å². The molecule has 1 aliphatic carbocycles. The number of anilines is 1. The number of nitrogens with one attached hydrogen (secondary N) is 1. The van der Waals surface area contributed by atoms with E-state index in [1.807, 2.05) is 13.0 Å². The van der Waals surface area contributed by atoms with E-state index in [9.17, 15) is 4.79 Å². The molecule has 0 aromatic heterocycles. The first-order valence-electron chi connectivity index (χ1n) is 7.03. The number of aliphatic imine (C=N–C) groups is 1. The summed E-state index contributed by atoms with van der Waals surface area (Å²) in [6.45, 7) is 2.67. The van der Waals surface area contributed by atoms with Crippen LogP contribution in [0.3, 0.4) is 0 Å². The predicted molar refractivity (Wildman–Crippen MR) is 97.3 cm³/mol. The number of benzene rings is 1. The second kappa shape index (κ2) is 8.21. The molecular weight excluding hydrogens is 379 g/mol. The number of hydrogen-bond donors (Lipinski definition) is 2. The normalized spacial score (nSPS) is 13.3. The quantitative estimate of drug-likeness (QED) is 0.460. The molecule has 1 aliphatic rings. The minimum atomic E-state index is -0.0359. The van der Waals surface area contributed by atoms with Gasteiger partial charge < -0.3 is 16.0 Å². The Hall–Kier alpha value is -1.31. The largest absolute Gasteiger partial charge is 0.370 e. The summed E-state index contributed by atoms with van der Waals surface area (Å²) < 4.78 is 0. The summed E-state index contributed by atoms with van der Waals surface area (Å²) in [5, 5.41) is 3.04. The van der Waals surface area contributed by atoms with Crippen LogP contribution in [-0.2, 0) is 17.6 Å². The second-order valence-corrected chi connectivity index (χ2v) is 5.07. The Labute approximate surface area is 143 Å². The zero-order chi connectivity index (χ0) is 14.5. The maximum absolute atomic E-state index is 11.6. The maximum Gasteiger partial charge on any atom is 0.244 e. The highest BCUT2D eigenvalue weighted by atomic mass is 127. The van der Waals surface area contributed by atoms with Crippen molar-refractivity contribution in [1.82, 2.24) is 4.90 Å². The van der Waals surface area contributed by atoms with Crippen LogP contribution in [0, 0.1) is 0 Å². The Kier molecular flexibility index (Phi) is 6.94. The van der Waals surface area contributed by atoms with Crippen molar-refractivity contribution in [3.05, 3.63) is 29.3 Å². The van der Waals surface area contributed by atoms with Gasteiger partial charge in [0, 0.05) is 19.3 Å². The third kappa shape index (κ3) is 4.87. The van der Waals surface area contributed by atoms with Crippen LogP contribution in [0.5, 0.6) is 0 Å². The van der Waals surface area contributed by atoms with Crippen molar-refractivity contribution in [2.45, 2.75) is 26.2 Å². The molecule has 0 saturated carbocycles. The number of amides is 1. The molecule has 0 heterocycles. The van der Waals surface area contributed by atoms with E-state index in [0.717, 1.165) is 18.5 Å². The Balaban J connectivity index is 0.00000220. The molecule has 6 heteroatoms. The fourth-order valence-corrected chi connectivity index (χ4v) is 2.29. The Bertz CT molecular complexity index is 530. The number of guanidine groups is 1. The number of halogens is 1. The van der Waals surface area contributed by atoms with E-state index in [2.05, 4.69) is 22.4 Å². The fraction of sp³-hybridized carbons (Fsp3) is 0.467. The molecule has 0 atom stereocenters. The lowest BCUT2D eigenvalue weighted by atomic mass is 10.1. The molecule has 1 amide bonds. The number of likely N-dealkylation sites (N-methyl/N-ethyl adjacent to an activating group) is 1. The molecule has 0 fully saturated rings. The highest BCUT2D eigenvalue weighted by molar-refractivity contribution is 14.0. The van der Waals surface area contributed by atoms with Crippen molar-refractivity contribution in [3.63, 3.8) is 0 Å². The zero-order valence-electron chi connectivity index (χ0n) is 12.6. The van der Waals surface area contributed by atoms with E-state index >= 15 is 0 Å². The smallest absolute Gasteiger partial charge is 0.244 e. The van der Waals surface area contributed by atoms with Gasteiger partial charge >= 0.3 is 0 Å². The van der Waals surface area contributed by atoms with E-state index in [1.165, 1.54) is 17.5 Å². The molecular formula is C15H23IN4O. The van der Waals surface area contributed by atoms with E-state index in [-0.39, 0.29) is 42.4 Å². The maximum atomic E-state index is 11.6. The molecule has 1 aromatic rings. The van der Waals surface area contributed by atoms with E-state index in [4.69, 9.17) is 5.73 Å². The molecule has 0 spiro atoms. The van der Waals surface area contributed by atoms with E-state index < -0.39 is 0 Å². The van der Waals surface area contributed by atoms with Crippen LogP contribution in [0.4, 0.5) is 5.69 Å². The van der Waals surface area contributed by atoms with Gasteiger partial charge in [0.25, 0.3) is 0 Å². The highest BCUT2D eigenvalue weighted by Crippen LogP contribution is 2.24. The number of carbonyl (C=O) groups excluding carboxylic acids is 1. The summed E-state index contributed by atoms with van der Waals surface area (Å²) in [4.78, 5) is 17.3. The lowest BCUT2D eigenvalue weighted by molar-refractivity contribution is -0.128. The van der Waals surface area contributed by atoms with Crippen LogP contribution in [0.2, 0.25) is 0 Å². The summed E-state index contributed by atoms with van der Waals surface area (Å²) in [5.41, 5.74) is 9.54. The van der Waals surface area contributed by atoms with E-state index in [1.54, 1.807) is 11.9 Å². The number of carbonyl (C=O) groups is 1. The SMILES string of the molecule is CCN(C)C(=O)CN=C(N)Nc1ccc2c(c1)CCC2.I. The minimum Gasteiger partial charge on any atom is -0.370 e. The average Bonchev–Trinajstić information content (AvgIpc) is 2.91. The van der Waals surface area contributed by atoms with Gasteiger partial charge in [-0.2, -0.15) is 0 Å². The number of hydrogen-bond acceptors (Lipinski definition) is 2. The van der Waals surface area contributed by atoms with Gasteiger partial charge in [0.05, 0.1) is 0 Å². The molecule has 1 aromatic carbocycles. The Morgan fingerprint density at radius 2 is 2.10 bits per heavy atom. The first-order chi connectivity index (χ1) is 9.60.